The lowest BCUT2D eigenvalue weighted by Crippen LogP contribution is -2.38. The average Bonchev–Trinajstić information content (AvgIpc) is 2.82. The van der Waals surface area contributed by atoms with Crippen molar-refractivity contribution in [2.24, 2.45) is 4.99 Å². The summed E-state index contributed by atoms with van der Waals surface area (Å²) < 4.78 is 0. The molecule has 0 bridgehead atoms. The van der Waals surface area contributed by atoms with Gasteiger partial charge in [-0.2, -0.15) is 0 Å². The predicted octanol–water partition coefficient (Wildman–Crippen LogP) is 6.85. The zero-order chi connectivity index (χ0) is 22.5. The fraction of sp³-hybridized carbons (Fsp3) is 0.367. The summed E-state index contributed by atoms with van der Waals surface area (Å²) >= 11 is 0. The molecule has 4 rings (SSSR count). The van der Waals surface area contributed by atoms with Crippen LogP contribution < -0.4 is 0 Å². The Hall–Kier alpha value is -2.71. The molecule has 1 atom stereocenters. The Balaban J connectivity index is 1.53. The van der Waals surface area contributed by atoms with Crippen molar-refractivity contribution in [1.29, 1.82) is 0 Å². The van der Waals surface area contributed by atoms with Crippen molar-refractivity contribution in [1.82, 2.24) is 4.90 Å². The molecule has 0 amide bonds. The number of benzene rings is 3. The van der Waals surface area contributed by atoms with Crippen LogP contribution >= 0.6 is 0 Å². The summed E-state index contributed by atoms with van der Waals surface area (Å²) in [5.74, 6) is 0. The van der Waals surface area contributed by atoms with E-state index in [9.17, 15) is 0 Å². The summed E-state index contributed by atoms with van der Waals surface area (Å²) in [6.07, 6.45) is 5.38. The van der Waals surface area contributed by atoms with Gasteiger partial charge in [0.1, 0.15) is 0 Å². The van der Waals surface area contributed by atoms with Gasteiger partial charge in [0, 0.05) is 19.3 Å². The molecule has 2 nitrogen and oxygen atoms in total. The fourth-order valence-electron chi connectivity index (χ4n) is 4.69. The molecule has 0 aliphatic carbocycles. The molecule has 1 aliphatic heterocycles. The third kappa shape index (κ3) is 5.19. The van der Waals surface area contributed by atoms with Crippen LogP contribution in [0.4, 0.5) is 0 Å². The number of likely N-dealkylation sites (tertiary alicyclic amines) is 1. The zero-order valence-electron chi connectivity index (χ0n) is 20.0. The largest absolute Gasteiger partial charge is 0.292 e. The highest BCUT2D eigenvalue weighted by molar-refractivity contribution is 5.81. The van der Waals surface area contributed by atoms with E-state index >= 15 is 0 Å². The number of aliphatic imine (C=N–C) groups is 1. The van der Waals surface area contributed by atoms with Gasteiger partial charge in [-0.1, -0.05) is 73.7 Å². The van der Waals surface area contributed by atoms with Gasteiger partial charge in [0.15, 0.2) is 0 Å². The Bertz CT molecular complexity index is 1060. The van der Waals surface area contributed by atoms with E-state index in [0.29, 0.717) is 12.1 Å². The van der Waals surface area contributed by atoms with E-state index in [0.717, 1.165) is 32.4 Å². The minimum Gasteiger partial charge on any atom is -0.292 e. The number of aryl methyl sites for hydroxylation is 4. The van der Waals surface area contributed by atoms with Crippen LogP contribution in [0.15, 0.2) is 71.7 Å². The van der Waals surface area contributed by atoms with Crippen molar-refractivity contribution in [3.8, 4) is 0 Å². The lowest BCUT2D eigenvalue weighted by Gasteiger charge is -2.37. The summed E-state index contributed by atoms with van der Waals surface area (Å²) in [4.78, 5) is 7.61. The average molecular weight is 425 g/mol. The van der Waals surface area contributed by atoms with E-state index in [1.54, 1.807) is 0 Å². The first-order chi connectivity index (χ1) is 15.5. The molecule has 3 aromatic rings. The van der Waals surface area contributed by atoms with Gasteiger partial charge >= 0.3 is 0 Å². The molecule has 0 saturated carbocycles. The van der Waals surface area contributed by atoms with Crippen LogP contribution in [-0.4, -0.2) is 30.2 Å². The fourth-order valence-corrected chi connectivity index (χ4v) is 4.69. The van der Waals surface area contributed by atoms with Gasteiger partial charge in [0.2, 0.25) is 0 Å². The maximum atomic E-state index is 4.95. The summed E-state index contributed by atoms with van der Waals surface area (Å²) in [5, 5.41) is 0. The highest BCUT2D eigenvalue weighted by Crippen LogP contribution is 2.33. The summed E-state index contributed by atoms with van der Waals surface area (Å²) in [6, 6.07) is 25.4. The number of hydrogen-bond donors (Lipinski definition) is 0. The van der Waals surface area contributed by atoms with Crippen LogP contribution in [-0.2, 0) is 6.42 Å². The van der Waals surface area contributed by atoms with Crippen LogP contribution in [0.1, 0.15) is 64.8 Å². The minimum atomic E-state index is 0.307. The van der Waals surface area contributed by atoms with Gasteiger partial charge in [-0.3, -0.25) is 9.89 Å². The number of piperidine rings is 1. The van der Waals surface area contributed by atoms with Crippen LogP contribution in [0.5, 0.6) is 0 Å². The molecule has 166 valence electrons. The molecule has 1 fully saturated rings. The molecule has 0 aromatic heterocycles. The monoisotopic (exact) mass is 424 g/mol. The van der Waals surface area contributed by atoms with Gasteiger partial charge in [0.05, 0.1) is 12.1 Å². The number of nitrogens with zero attached hydrogens (tertiary/aromatic N) is 2. The van der Waals surface area contributed by atoms with Crippen molar-refractivity contribution >= 4 is 6.21 Å². The summed E-state index contributed by atoms with van der Waals surface area (Å²) in [6.45, 7) is 10.9. The molecule has 1 heterocycles. The van der Waals surface area contributed by atoms with Crippen molar-refractivity contribution in [2.45, 2.75) is 59.0 Å². The van der Waals surface area contributed by atoms with E-state index in [2.05, 4.69) is 106 Å². The molecule has 1 aliphatic rings. The quantitative estimate of drug-likeness (QED) is 0.395. The van der Waals surface area contributed by atoms with Gasteiger partial charge in [-0.15, -0.1) is 0 Å². The van der Waals surface area contributed by atoms with E-state index in [-0.39, 0.29) is 0 Å². The SMILES string of the molecule is CCc1ccc(C(c2ccc(C)c(C)c2)N2CCC(/N=C/c3ccccc3C)CC2)cc1. The maximum Gasteiger partial charge on any atom is 0.0601 e. The zero-order valence-corrected chi connectivity index (χ0v) is 20.0. The van der Waals surface area contributed by atoms with Gasteiger partial charge in [-0.25, -0.2) is 0 Å². The number of rotatable bonds is 6. The molecule has 0 N–H and O–H groups in total. The second-order valence-corrected chi connectivity index (χ2v) is 9.24. The van der Waals surface area contributed by atoms with Crippen LogP contribution in [0.3, 0.4) is 0 Å². The van der Waals surface area contributed by atoms with Crippen molar-refractivity contribution < 1.29 is 0 Å². The Labute approximate surface area is 194 Å². The van der Waals surface area contributed by atoms with Crippen molar-refractivity contribution in [3.05, 3.63) is 106 Å². The first-order valence-electron chi connectivity index (χ1n) is 12.0. The normalized spacial score (nSPS) is 16.5. The van der Waals surface area contributed by atoms with E-state index < -0.39 is 0 Å². The van der Waals surface area contributed by atoms with Crippen LogP contribution in [0, 0.1) is 20.8 Å². The Kier molecular flexibility index (Phi) is 7.22. The van der Waals surface area contributed by atoms with Crippen LogP contribution in [0.2, 0.25) is 0 Å². The summed E-state index contributed by atoms with van der Waals surface area (Å²) in [5.41, 5.74) is 9.45. The smallest absolute Gasteiger partial charge is 0.0601 e. The maximum absolute atomic E-state index is 4.95. The highest BCUT2D eigenvalue weighted by Gasteiger charge is 2.27. The van der Waals surface area contributed by atoms with Gasteiger partial charge in [-0.05, 0) is 79.0 Å². The molecule has 2 heteroatoms. The second kappa shape index (κ2) is 10.3. The highest BCUT2D eigenvalue weighted by atomic mass is 15.2. The molecule has 32 heavy (non-hydrogen) atoms. The Morgan fingerprint density at radius 1 is 0.844 bits per heavy atom. The lowest BCUT2D eigenvalue weighted by molar-refractivity contribution is 0.175. The molecular formula is C30H36N2. The predicted molar refractivity (Wildman–Crippen MR) is 137 cm³/mol. The Morgan fingerprint density at radius 2 is 1.53 bits per heavy atom. The van der Waals surface area contributed by atoms with E-state index in [1.165, 1.54) is 38.9 Å². The third-order valence-electron chi connectivity index (χ3n) is 7.03. The number of hydrogen-bond acceptors (Lipinski definition) is 2. The third-order valence-corrected chi connectivity index (χ3v) is 7.03. The topological polar surface area (TPSA) is 15.6 Å². The first kappa shape index (κ1) is 22.5. The summed E-state index contributed by atoms with van der Waals surface area (Å²) in [7, 11) is 0. The second-order valence-electron chi connectivity index (χ2n) is 9.24. The molecule has 1 saturated heterocycles. The van der Waals surface area contributed by atoms with Gasteiger partial charge < -0.3 is 0 Å². The molecule has 1 unspecified atom stereocenters. The van der Waals surface area contributed by atoms with Crippen molar-refractivity contribution in [2.75, 3.05) is 13.1 Å². The first-order valence-corrected chi connectivity index (χ1v) is 12.0. The minimum absolute atomic E-state index is 0.307. The van der Waals surface area contributed by atoms with Crippen LogP contribution in [0.25, 0.3) is 0 Å². The Morgan fingerprint density at radius 3 is 2.19 bits per heavy atom. The van der Waals surface area contributed by atoms with E-state index in [4.69, 9.17) is 4.99 Å². The molecular weight excluding hydrogens is 388 g/mol. The van der Waals surface area contributed by atoms with Crippen molar-refractivity contribution in [3.63, 3.8) is 0 Å². The van der Waals surface area contributed by atoms with Gasteiger partial charge in [0.25, 0.3) is 0 Å². The molecule has 3 aromatic carbocycles. The standard InChI is InChI=1S/C30H36N2/c1-5-25-11-14-26(15-12-25)30(27-13-10-22(2)24(4)20-27)32-18-16-29(17-19-32)31-21-28-9-7-6-8-23(28)3/h6-15,20-21,29-30H,5,16-19H2,1-4H3/b31-21+. The molecule has 0 radical (unpaired) electrons. The molecule has 0 spiro atoms. The van der Waals surface area contributed by atoms with E-state index in [1.807, 2.05) is 0 Å². The lowest BCUT2D eigenvalue weighted by atomic mass is 9.91.